The Hall–Kier alpha value is -1.25. The molecule has 0 N–H and O–H groups in total. The molecule has 1 saturated heterocycles. The minimum absolute atomic E-state index is 0.635. The van der Waals surface area contributed by atoms with Crippen LogP contribution in [0.2, 0.25) is 0 Å². The maximum atomic E-state index is 2.58. The van der Waals surface area contributed by atoms with Gasteiger partial charge in [-0.05, 0) is 61.2 Å². The molecule has 1 fully saturated rings. The Labute approximate surface area is 145 Å². The molecule has 1 aliphatic heterocycles. The quantitative estimate of drug-likeness (QED) is 0.646. The molecule has 2 aromatic carbocycles. The zero-order valence-corrected chi connectivity index (χ0v) is 15.1. The molecule has 1 nitrogen and oxygen atoms in total. The van der Waals surface area contributed by atoms with Gasteiger partial charge in [0, 0.05) is 16.7 Å². The number of hydrogen-bond donors (Lipinski definition) is 0. The van der Waals surface area contributed by atoms with E-state index < -0.39 is 0 Å². The van der Waals surface area contributed by atoms with E-state index in [0.717, 1.165) is 0 Å². The average molecular weight is 326 g/mol. The first-order chi connectivity index (χ1) is 11.2. The van der Waals surface area contributed by atoms with E-state index in [-0.39, 0.29) is 0 Å². The minimum atomic E-state index is 0.635. The van der Waals surface area contributed by atoms with Gasteiger partial charge in [0.15, 0.2) is 0 Å². The first-order valence-electron chi connectivity index (χ1n) is 8.79. The summed E-state index contributed by atoms with van der Waals surface area (Å²) in [7, 11) is 0. The predicted molar refractivity (Wildman–Crippen MR) is 102 cm³/mol. The van der Waals surface area contributed by atoms with Crippen LogP contribution in [0.25, 0.3) is 11.1 Å². The zero-order chi connectivity index (χ0) is 16.1. The van der Waals surface area contributed by atoms with Crippen LogP contribution in [-0.2, 0) is 6.42 Å². The third-order valence-electron chi connectivity index (χ3n) is 4.43. The normalized spacial score (nSPS) is 15.4. The maximum absolute atomic E-state index is 2.58. The molecule has 0 aliphatic carbocycles. The van der Waals surface area contributed by atoms with E-state index in [1.807, 2.05) is 11.8 Å². The number of hydrogen-bond acceptors (Lipinski definition) is 2. The highest BCUT2D eigenvalue weighted by molar-refractivity contribution is 7.99. The van der Waals surface area contributed by atoms with Crippen LogP contribution in [0.1, 0.15) is 32.3 Å². The van der Waals surface area contributed by atoms with Gasteiger partial charge in [-0.2, -0.15) is 0 Å². The third-order valence-corrected chi connectivity index (χ3v) is 5.44. The molecular formula is C21H27NS. The molecule has 0 spiro atoms. The van der Waals surface area contributed by atoms with Crippen LogP contribution < -0.4 is 0 Å². The summed E-state index contributed by atoms with van der Waals surface area (Å²) in [6.07, 6.45) is 3.93. The summed E-state index contributed by atoms with van der Waals surface area (Å²) < 4.78 is 0. The van der Waals surface area contributed by atoms with Crippen molar-refractivity contribution >= 4 is 11.8 Å². The number of thioether (sulfide) groups is 1. The van der Waals surface area contributed by atoms with Crippen LogP contribution in [0, 0.1) is 0 Å². The first kappa shape index (κ1) is 16.6. The summed E-state index contributed by atoms with van der Waals surface area (Å²) in [6, 6.07) is 18.1. The van der Waals surface area contributed by atoms with E-state index in [2.05, 4.69) is 67.3 Å². The number of benzene rings is 2. The van der Waals surface area contributed by atoms with Gasteiger partial charge in [0.05, 0.1) is 0 Å². The van der Waals surface area contributed by atoms with Crippen LogP contribution in [0.15, 0.2) is 53.4 Å². The van der Waals surface area contributed by atoms with E-state index in [4.69, 9.17) is 0 Å². The second kappa shape index (κ2) is 8.03. The molecule has 2 aromatic rings. The highest BCUT2D eigenvalue weighted by atomic mass is 32.2. The number of rotatable bonds is 6. The highest BCUT2D eigenvalue weighted by Gasteiger charge is 2.10. The maximum Gasteiger partial charge on any atom is 0.00749 e. The molecule has 2 heteroatoms. The Morgan fingerprint density at radius 1 is 0.870 bits per heavy atom. The Morgan fingerprint density at radius 2 is 1.43 bits per heavy atom. The molecule has 3 rings (SSSR count). The van der Waals surface area contributed by atoms with Crippen LogP contribution in [0.5, 0.6) is 0 Å². The van der Waals surface area contributed by atoms with Crippen LogP contribution in [0.4, 0.5) is 0 Å². The Balaban J connectivity index is 1.59. The topological polar surface area (TPSA) is 3.24 Å². The van der Waals surface area contributed by atoms with E-state index in [1.165, 1.54) is 60.5 Å². The zero-order valence-electron chi connectivity index (χ0n) is 14.3. The largest absolute Gasteiger partial charge is 0.303 e. The van der Waals surface area contributed by atoms with Gasteiger partial charge >= 0.3 is 0 Å². The van der Waals surface area contributed by atoms with Gasteiger partial charge in [-0.25, -0.2) is 0 Å². The highest BCUT2D eigenvalue weighted by Crippen LogP contribution is 2.27. The van der Waals surface area contributed by atoms with Crippen molar-refractivity contribution < 1.29 is 0 Å². The summed E-state index contributed by atoms with van der Waals surface area (Å²) in [6.45, 7) is 8.26. The van der Waals surface area contributed by atoms with Gasteiger partial charge in [0.2, 0.25) is 0 Å². The van der Waals surface area contributed by atoms with Crippen molar-refractivity contribution in [1.82, 2.24) is 4.90 Å². The van der Waals surface area contributed by atoms with Gasteiger partial charge in [-0.15, -0.1) is 11.8 Å². The molecule has 1 aliphatic rings. The molecule has 122 valence electrons. The summed E-state index contributed by atoms with van der Waals surface area (Å²) in [5, 5.41) is 0.635. The summed E-state index contributed by atoms with van der Waals surface area (Å²) in [5.41, 5.74) is 4.08. The predicted octanol–water partition coefficient (Wildman–Crippen LogP) is 5.49. The molecule has 0 radical (unpaired) electrons. The SMILES string of the molecule is CC(C)Sc1ccc(-c2ccc(CCN3CCCC3)cc2)cc1. The van der Waals surface area contributed by atoms with Gasteiger partial charge in [0.1, 0.15) is 0 Å². The second-order valence-corrected chi connectivity index (χ2v) is 8.34. The van der Waals surface area contributed by atoms with Crippen LogP contribution >= 0.6 is 11.8 Å². The Bertz CT molecular complexity index is 595. The van der Waals surface area contributed by atoms with Crippen molar-refractivity contribution in [2.45, 2.75) is 43.3 Å². The lowest BCUT2D eigenvalue weighted by atomic mass is 10.0. The van der Waals surface area contributed by atoms with Crippen LogP contribution in [0.3, 0.4) is 0 Å². The molecule has 0 amide bonds. The Morgan fingerprint density at radius 3 is 2.00 bits per heavy atom. The smallest absolute Gasteiger partial charge is 0.00749 e. The molecular weight excluding hydrogens is 298 g/mol. The molecule has 0 unspecified atom stereocenters. The van der Waals surface area contributed by atoms with Crippen molar-refractivity contribution in [3.8, 4) is 11.1 Å². The van der Waals surface area contributed by atoms with Crippen molar-refractivity contribution in [2.75, 3.05) is 19.6 Å². The second-order valence-electron chi connectivity index (χ2n) is 6.69. The standard InChI is InChI=1S/C21H27NS/c1-17(2)23-21-11-9-20(10-12-21)19-7-5-18(6-8-19)13-16-22-14-3-4-15-22/h5-12,17H,3-4,13-16H2,1-2H3. The molecule has 0 aromatic heterocycles. The molecule has 0 atom stereocenters. The first-order valence-corrected chi connectivity index (χ1v) is 9.67. The molecule has 0 bridgehead atoms. The Kier molecular flexibility index (Phi) is 5.80. The minimum Gasteiger partial charge on any atom is -0.303 e. The van der Waals surface area contributed by atoms with Crippen molar-refractivity contribution in [3.63, 3.8) is 0 Å². The monoisotopic (exact) mass is 325 g/mol. The lowest BCUT2D eigenvalue weighted by Crippen LogP contribution is -2.21. The van der Waals surface area contributed by atoms with Gasteiger partial charge in [-0.3, -0.25) is 0 Å². The molecule has 1 heterocycles. The third kappa shape index (κ3) is 4.86. The van der Waals surface area contributed by atoms with Crippen molar-refractivity contribution in [1.29, 1.82) is 0 Å². The summed E-state index contributed by atoms with van der Waals surface area (Å²) in [5.74, 6) is 0. The van der Waals surface area contributed by atoms with Crippen molar-refractivity contribution in [2.24, 2.45) is 0 Å². The molecule has 0 saturated carbocycles. The van der Waals surface area contributed by atoms with E-state index >= 15 is 0 Å². The van der Waals surface area contributed by atoms with Gasteiger partial charge in [-0.1, -0.05) is 50.2 Å². The van der Waals surface area contributed by atoms with Crippen LogP contribution in [-0.4, -0.2) is 29.8 Å². The van der Waals surface area contributed by atoms with Crippen molar-refractivity contribution in [3.05, 3.63) is 54.1 Å². The number of nitrogens with zero attached hydrogens (tertiary/aromatic N) is 1. The van der Waals surface area contributed by atoms with E-state index in [9.17, 15) is 0 Å². The fraction of sp³-hybridized carbons (Fsp3) is 0.429. The van der Waals surface area contributed by atoms with E-state index in [0.29, 0.717) is 5.25 Å². The van der Waals surface area contributed by atoms with Gasteiger partial charge in [0.25, 0.3) is 0 Å². The average Bonchev–Trinajstić information content (AvgIpc) is 3.07. The lowest BCUT2D eigenvalue weighted by molar-refractivity contribution is 0.343. The summed E-state index contributed by atoms with van der Waals surface area (Å²) >= 11 is 1.92. The fourth-order valence-corrected chi connectivity index (χ4v) is 3.99. The van der Waals surface area contributed by atoms with Gasteiger partial charge < -0.3 is 4.90 Å². The molecule has 23 heavy (non-hydrogen) atoms. The summed E-state index contributed by atoms with van der Waals surface area (Å²) in [4.78, 5) is 3.94. The number of likely N-dealkylation sites (tertiary alicyclic amines) is 1. The lowest BCUT2D eigenvalue weighted by Gasteiger charge is -2.14. The fourth-order valence-electron chi connectivity index (χ4n) is 3.16. The van der Waals surface area contributed by atoms with E-state index in [1.54, 1.807) is 0 Å².